The predicted molar refractivity (Wildman–Crippen MR) is 106 cm³/mol. The van der Waals surface area contributed by atoms with Crippen LogP contribution in [0.3, 0.4) is 0 Å². The van der Waals surface area contributed by atoms with Crippen molar-refractivity contribution in [2.24, 2.45) is 0 Å². The fraction of sp³-hybridized carbons (Fsp3) is 0.368. The molecule has 1 aliphatic rings. The van der Waals surface area contributed by atoms with Gasteiger partial charge in [-0.15, -0.1) is 0 Å². The van der Waals surface area contributed by atoms with E-state index in [4.69, 9.17) is 10.5 Å². The number of nitrogen functional groups attached to an aromatic ring is 1. The largest absolute Gasteiger partial charge is 0.399 e. The van der Waals surface area contributed by atoms with E-state index in [1.165, 1.54) is 24.1 Å². The van der Waals surface area contributed by atoms with Crippen molar-refractivity contribution in [3.63, 3.8) is 0 Å². The molecule has 11 heteroatoms. The van der Waals surface area contributed by atoms with Gasteiger partial charge in [0.2, 0.25) is 0 Å². The van der Waals surface area contributed by atoms with Crippen LogP contribution in [0.5, 0.6) is 0 Å². The Hall–Kier alpha value is -3.12. The van der Waals surface area contributed by atoms with Crippen LogP contribution in [-0.2, 0) is 16.1 Å². The van der Waals surface area contributed by atoms with E-state index in [9.17, 15) is 20.1 Å². The van der Waals surface area contributed by atoms with Gasteiger partial charge in [-0.25, -0.2) is 15.0 Å². The second-order valence-corrected chi connectivity index (χ2v) is 7.17. The number of carbonyl (C=O) groups is 1. The Labute approximate surface area is 171 Å². The molecule has 0 radical (unpaired) electrons. The van der Waals surface area contributed by atoms with Gasteiger partial charge in [0, 0.05) is 12.2 Å². The first-order valence-corrected chi connectivity index (χ1v) is 9.32. The molecule has 0 bridgehead atoms. The number of carbonyl (C=O) groups excluding carboxylic acids is 1. The number of rotatable bonds is 6. The molecule has 0 spiro atoms. The average Bonchev–Trinajstić information content (AvgIpc) is 3.29. The summed E-state index contributed by atoms with van der Waals surface area (Å²) in [7, 11) is 0. The molecule has 0 aliphatic carbocycles. The summed E-state index contributed by atoms with van der Waals surface area (Å²) in [6.07, 6.45) is -3.99. The minimum Gasteiger partial charge on any atom is -0.399 e. The summed E-state index contributed by atoms with van der Waals surface area (Å²) < 4.78 is 7.04. The molecule has 5 atom stereocenters. The number of hydrogen-bond acceptors (Lipinski definition) is 10. The fourth-order valence-electron chi connectivity index (χ4n) is 3.40. The molecule has 30 heavy (non-hydrogen) atoms. The third kappa shape index (κ3) is 3.59. The van der Waals surface area contributed by atoms with Crippen molar-refractivity contribution in [2.75, 3.05) is 11.1 Å². The number of hydrogen-bond donors (Lipinski definition) is 5. The number of nitrogens with two attached hydrogens (primary N) is 1. The highest BCUT2D eigenvalue weighted by atomic mass is 16.6. The van der Waals surface area contributed by atoms with E-state index in [2.05, 4.69) is 20.3 Å². The zero-order valence-electron chi connectivity index (χ0n) is 16.1. The summed E-state index contributed by atoms with van der Waals surface area (Å²) >= 11 is 0. The van der Waals surface area contributed by atoms with Crippen LogP contribution in [0.4, 0.5) is 11.5 Å². The van der Waals surface area contributed by atoms with Crippen LogP contribution >= 0.6 is 0 Å². The fourth-order valence-corrected chi connectivity index (χ4v) is 3.40. The predicted octanol–water partition coefficient (Wildman–Crippen LogP) is -0.410. The summed E-state index contributed by atoms with van der Waals surface area (Å²) in [5.74, 6) is -0.0946. The number of aliphatic hydroxyl groups excluding tert-OH is 3. The minimum atomic E-state index is -1.55. The van der Waals surface area contributed by atoms with Crippen LogP contribution in [0, 0.1) is 0 Å². The Morgan fingerprint density at radius 1 is 1.23 bits per heavy atom. The van der Waals surface area contributed by atoms with E-state index in [0.717, 1.165) is 5.56 Å². The van der Waals surface area contributed by atoms with Gasteiger partial charge in [0.05, 0.1) is 6.33 Å². The van der Waals surface area contributed by atoms with Gasteiger partial charge in [-0.05, 0) is 24.6 Å². The highest BCUT2D eigenvalue weighted by Crippen LogP contribution is 2.33. The lowest BCUT2D eigenvalue weighted by molar-refractivity contribution is -0.139. The maximum Gasteiger partial charge on any atom is 0.167 e. The summed E-state index contributed by atoms with van der Waals surface area (Å²) in [6.45, 7) is 1.66. The molecule has 2 aromatic heterocycles. The molecule has 0 saturated carbocycles. The molecule has 3 heterocycles. The van der Waals surface area contributed by atoms with Crippen LogP contribution < -0.4 is 11.1 Å². The Bertz CT molecular complexity index is 1060. The Morgan fingerprint density at radius 2 is 1.97 bits per heavy atom. The van der Waals surface area contributed by atoms with Crippen molar-refractivity contribution in [3.8, 4) is 0 Å². The van der Waals surface area contributed by atoms with E-state index < -0.39 is 36.4 Å². The number of imidazole rings is 1. The van der Waals surface area contributed by atoms with E-state index >= 15 is 0 Å². The number of nitrogens with one attached hydrogen (secondary N) is 1. The number of anilines is 2. The normalized spacial score (nSPS) is 24.8. The highest BCUT2D eigenvalue weighted by Gasteiger charge is 2.48. The Morgan fingerprint density at radius 3 is 2.67 bits per heavy atom. The molecule has 4 rings (SSSR count). The van der Waals surface area contributed by atoms with Crippen molar-refractivity contribution in [3.05, 3.63) is 42.5 Å². The van der Waals surface area contributed by atoms with Gasteiger partial charge in [-0.2, -0.15) is 0 Å². The SMILES string of the molecule is CC(=O)C(O)[C@H]1OC(n2cnc3c(NCc4ccc(N)cc4)ncnc32)[C@H](O)[C@@H]1O. The number of benzene rings is 1. The molecule has 1 saturated heterocycles. The molecule has 1 aromatic carbocycles. The van der Waals surface area contributed by atoms with Gasteiger partial charge >= 0.3 is 0 Å². The van der Waals surface area contributed by atoms with Crippen LogP contribution in [0.1, 0.15) is 18.7 Å². The lowest BCUT2D eigenvalue weighted by Crippen LogP contribution is -2.42. The van der Waals surface area contributed by atoms with Crippen LogP contribution in [0.25, 0.3) is 11.2 Å². The molecule has 0 amide bonds. The van der Waals surface area contributed by atoms with E-state index in [-0.39, 0.29) is 0 Å². The lowest BCUT2D eigenvalue weighted by Gasteiger charge is -2.18. The summed E-state index contributed by atoms with van der Waals surface area (Å²) in [5, 5.41) is 33.8. The second-order valence-electron chi connectivity index (χ2n) is 7.17. The Kier molecular flexibility index (Phi) is 5.35. The first kappa shape index (κ1) is 20.2. The van der Waals surface area contributed by atoms with Crippen molar-refractivity contribution < 1.29 is 24.9 Å². The van der Waals surface area contributed by atoms with E-state index in [1.54, 1.807) is 12.1 Å². The highest BCUT2D eigenvalue weighted by molar-refractivity contribution is 5.83. The van der Waals surface area contributed by atoms with Gasteiger partial charge in [0.25, 0.3) is 0 Å². The molecule has 11 nitrogen and oxygen atoms in total. The number of fused-ring (bicyclic) bond motifs is 1. The molecule has 1 fully saturated rings. The topological polar surface area (TPSA) is 169 Å². The second kappa shape index (κ2) is 7.95. The van der Waals surface area contributed by atoms with Gasteiger partial charge < -0.3 is 31.1 Å². The molecule has 2 unspecified atom stereocenters. The third-order valence-electron chi connectivity index (χ3n) is 5.08. The number of aromatic nitrogens is 4. The summed E-state index contributed by atoms with van der Waals surface area (Å²) in [6, 6.07) is 7.39. The number of ether oxygens (including phenoxy) is 1. The molecular formula is C19H22N6O5. The molecular weight excluding hydrogens is 392 g/mol. The van der Waals surface area contributed by atoms with Crippen LogP contribution in [0.2, 0.25) is 0 Å². The molecule has 3 aromatic rings. The average molecular weight is 414 g/mol. The number of nitrogens with zero attached hydrogens (tertiary/aromatic N) is 4. The van der Waals surface area contributed by atoms with Crippen molar-refractivity contribution in [2.45, 2.75) is 44.1 Å². The maximum atomic E-state index is 11.5. The van der Waals surface area contributed by atoms with E-state index in [1.807, 2.05) is 12.1 Å². The lowest BCUT2D eigenvalue weighted by atomic mass is 10.0. The standard InChI is InChI=1S/C19H22N6O5/c1-9(26)13(27)16-14(28)15(29)19(30-16)25-8-24-12-17(22-7-23-18(12)25)21-6-10-2-4-11(20)5-3-10/h2-5,7-8,13-16,19,27-29H,6,20H2,1H3,(H,21,22,23)/t13?,14-,15+,16+,19?/m0/s1. The van der Waals surface area contributed by atoms with Crippen LogP contribution in [0.15, 0.2) is 36.9 Å². The van der Waals surface area contributed by atoms with Gasteiger partial charge in [-0.3, -0.25) is 9.36 Å². The molecule has 158 valence electrons. The van der Waals surface area contributed by atoms with Crippen molar-refractivity contribution >= 4 is 28.5 Å². The summed E-state index contributed by atoms with van der Waals surface area (Å²) in [5.41, 5.74) is 8.17. The van der Waals surface area contributed by atoms with Gasteiger partial charge in [0.15, 0.2) is 29.0 Å². The smallest absolute Gasteiger partial charge is 0.167 e. The summed E-state index contributed by atoms with van der Waals surface area (Å²) in [4.78, 5) is 24.2. The quantitative estimate of drug-likeness (QED) is 0.334. The van der Waals surface area contributed by atoms with Crippen molar-refractivity contribution in [1.29, 1.82) is 0 Å². The first-order chi connectivity index (χ1) is 14.4. The van der Waals surface area contributed by atoms with Crippen LogP contribution in [-0.4, -0.2) is 65.0 Å². The number of ketones is 1. The number of Topliss-reactive ketones (excluding diaryl/α,β-unsaturated/α-hetero) is 1. The zero-order valence-corrected chi connectivity index (χ0v) is 16.1. The van der Waals surface area contributed by atoms with Crippen molar-refractivity contribution in [1.82, 2.24) is 19.5 Å². The molecule has 6 N–H and O–H groups in total. The monoisotopic (exact) mass is 414 g/mol. The number of aliphatic hydroxyl groups is 3. The first-order valence-electron chi connectivity index (χ1n) is 9.32. The zero-order chi connectivity index (χ0) is 21.4. The Balaban J connectivity index is 1.58. The van der Waals surface area contributed by atoms with Gasteiger partial charge in [-0.1, -0.05) is 12.1 Å². The third-order valence-corrected chi connectivity index (χ3v) is 5.08. The molecule has 1 aliphatic heterocycles. The minimum absolute atomic E-state index is 0.360. The van der Waals surface area contributed by atoms with E-state index in [0.29, 0.717) is 29.2 Å². The van der Waals surface area contributed by atoms with Gasteiger partial charge in [0.1, 0.15) is 30.7 Å². The maximum absolute atomic E-state index is 11.5.